The Morgan fingerprint density at radius 3 is 2.20 bits per heavy atom. The molecule has 56 valence electrons. The van der Waals surface area contributed by atoms with Crippen LogP contribution in [0.2, 0.25) is 0 Å². The zero-order valence-corrected chi connectivity index (χ0v) is 6.53. The molecule has 0 aliphatic carbocycles. The van der Waals surface area contributed by atoms with Crippen LogP contribution in [0.4, 0.5) is 4.39 Å². The van der Waals surface area contributed by atoms with Gasteiger partial charge in [0.15, 0.2) is 5.95 Å². The average molecular weight is 141 g/mol. The monoisotopic (exact) mass is 141 g/mol. The zero-order chi connectivity index (χ0) is 7.78. The highest BCUT2D eigenvalue weighted by molar-refractivity contribution is 5.18. The molecule has 0 aliphatic rings. The van der Waals surface area contributed by atoms with E-state index in [0.717, 1.165) is 5.56 Å². The van der Waals surface area contributed by atoms with Crippen LogP contribution in [0.3, 0.4) is 0 Å². The minimum Gasteiger partial charge on any atom is -0.338 e. The van der Waals surface area contributed by atoms with E-state index in [0.29, 0.717) is 0 Å². The summed E-state index contributed by atoms with van der Waals surface area (Å²) in [5.74, 6) is -0.259. The molecule has 0 aliphatic heterocycles. The van der Waals surface area contributed by atoms with E-state index >= 15 is 0 Å². The van der Waals surface area contributed by atoms with Gasteiger partial charge in [0.1, 0.15) is 0 Å². The number of nitrogens with one attached hydrogen (secondary N) is 1. The largest absolute Gasteiger partial charge is 0.338 e. The Labute approximate surface area is 60.3 Å². The zero-order valence-electron chi connectivity index (χ0n) is 6.53. The van der Waals surface area contributed by atoms with Crippen molar-refractivity contribution < 1.29 is 4.39 Å². The molecule has 10 heavy (non-hydrogen) atoms. The average Bonchev–Trinajstić information content (AvgIpc) is 2.11. The van der Waals surface area contributed by atoms with Gasteiger partial charge in [-0.1, -0.05) is 20.8 Å². The first-order valence-electron chi connectivity index (χ1n) is 3.34. The van der Waals surface area contributed by atoms with Crippen LogP contribution in [0.5, 0.6) is 0 Å². The number of rotatable bonds is 0. The van der Waals surface area contributed by atoms with Crippen LogP contribution in [0.1, 0.15) is 26.3 Å². The van der Waals surface area contributed by atoms with Gasteiger partial charge in [-0.2, -0.15) is 4.39 Å². The standard InChI is InChI=1S/C8H12FN/c1-8(2,3)6-4-7(9)10-5-6/h4-5,10H,1-3H3. The van der Waals surface area contributed by atoms with Crippen LogP contribution < -0.4 is 0 Å². The third kappa shape index (κ3) is 1.38. The van der Waals surface area contributed by atoms with Gasteiger partial charge in [0, 0.05) is 6.20 Å². The van der Waals surface area contributed by atoms with Crippen LogP contribution in [0.15, 0.2) is 12.3 Å². The van der Waals surface area contributed by atoms with E-state index < -0.39 is 0 Å². The smallest absolute Gasteiger partial charge is 0.191 e. The van der Waals surface area contributed by atoms with Crippen molar-refractivity contribution in [2.75, 3.05) is 0 Å². The second kappa shape index (κ2) is 2.11. The Balaban J connectivity index is 2.96. The van der Waals surface area contributed by atoms with Crippen LogP contribution in [-0.2, 0) is 5.41 Å². The summed E-state index contributed by atoms with van der Waals surface area (Å²) in [4.78, 5) is 2.51. The minimum atomic E-state index is -0.259. The molecule has 1 aromatic rings. The van der Waals surface area contributed by atoms with Gasteiger partial charge < -0.3 is 4.98 Å². The Morgan fingerprint density at radius 1 is 1.40 bits per heavy atom. The van der Waals surface area contributed by atoms with Crippen molar-refractivity contribution in [3.05, 3.63) is 23.8 Å². The molecule has 0 saturated carbocycles. The van der Waals surface area contributed by atoms with Crippen molar-refractivity contribution in [3.63, 3.8) is 0 Å². The number of aromatic nitrogens is 1. The predicted octanol–water partition coefficient (Wildman–Crippen LogP) is 2.45. The molecule has 0 atom stereocenters. The van der Waals surface area contributed by atoms with Crippen LogP contribution in [0, 0.1) is 5.95 Å². The van der Waals surface area contributed by atoms with Gasteiger partial charge in [-0.15, -0.1) is 0 Å². The van der Waals surface area contributed by atoms with Crippen LogP contribution >= 0.6 is 0 Å². The summed E-state index contributed by atoms with van der Waals surface area (Å²) in [6.45, 7) is 6.15. The lowest BCUT2D eigenvalue weighted by atomic mass is 9.89. The molecule has 1 rings (SSSR count). The normalized spacial score (nSPS) is 12.0. The maximum Gasteiger partial charge on any atom is 0.191 e. The second-order valence-corrected chi connectivity index (χ2v) is 3.49. The van der Waals surface area contributed by atoms with Crippen molar-refractivity contribution in [3.8, 4) is 0 Å². The summed E-state index contributed by atoms with van der Waals surface area (Å²) in [6.07, 6.45) is 1.70. The molecular weight excluding hydrogens is 129 g/mol. The van der Waals surface area contributed by atoms with Crippen LogP contribution in [-0.4, -0.2) is 4.98 Å². The minimum absolute atomic E-state index is 0.0425. The van der Waals surface area contributed by atoms with E-state index in [2.05, 4.69) is 25.8 Å². The summed E-state index contributed by atoms with van der Waals surface area (Å²) in [5.41, 5.74) is 1.05. The van der Waals surface area contributed by atoms with Gasteiger partial charge in [-0.3, -0.25) is 0 Å². The third-order valence-corrected chi connectivity index (χ3v) is 1.51. The first kappa shape index (κ1) is 7.32. The van der Waals surface area contributed by atoms with Gasteiger partial charge in [-0.05, 0) is 17.0 Å². The van der Waals surface area contributed by atoms with Crippen molar-refractivity contribution >= 4 is 0 Å². The Hall–Kier alpha value is -0.790. The van der Waals surface area contributed by atoms with E-state index in [1.807, 2.05) is 0 Å². The van der Waals surface area contributed by atoms with Crippen molar-refractivity contribution in [2.24, 2.45) is 0 Å². The van der Waals surface area contributed by atoms with Gasteiger partial charge in [-0.25, -0.2) is 0 Å². The molecule has 1 aromatic heterocycles. The lowest BCUT2D eigenvalue weighted by Gasteiger charge is -2.15. The van der Waals surface area contributed by atoms with Gasteiger partial charge in [0.2, 0.25) is 0 Å². The maximum atomic E-state index is 12.4. The number of aromatic amines is 1. The molecular formula is C8H12FN. The fourth-order valence-corrected chi connectivity index (χ4v) is 0.800. The molecule has 2 heteroatoms. The first-order valence-corrected chi connectivity index (χ1v) is 3.34. The van der Waals surface area contributed by atoms with E-state index in [-0.39, 0.29) is 11.4 Å². The number of hydrogen-bond donors (Lipinski definition) is 1. The Kier molecular flexibility index (Phi) is 1.55. The number of H-pyrrole nitrogens is 1. The SMILES string of the molecule is CC(C)(C)c1c[nH]c(F)c1. The predicted molar refractivity (Wildman–Crippen MR) is 39.5 cm³/mol. The second-order valence-electron chi connectivity index (χ2n) is 3.49. The van der Waals surface area contributed by atoms with Crippen molar-refractivity contribution in [2.45, 2.75) is 26.2 Å². The molecule has 0 fully saturated rings. The van der Waals surface area contributed by atoms with Crippen LogP contribution in [0.25, 0.3) is 0 Å². The summed E-state index contributed by atoms with van der Waals surface area (Å²) in [5, 5.41) is 0. The summed E-state index contributed by atoms with van der Waals surface area (Å²) < 4.78 is 12.4. The molecule has 1 N–H and O–H groups in total. The quantitative estimate of drug-likeness (QED) is 0.571. The number of hydrogen-bond acceptors (Lipinski definition) is 0. The topological polar surface area (TPSA) is 15.8 Å². The first-order chi connectivity index (χ1) is 4.50. The molecule has 1 heterocycles. The molecule has 0 spiro atoms. The molecule has 0 bridgehead atoms. The fourth-order valence-electron chi connectivity index (χ4n) is 0.800. The van der Waals surface area contributed by atoms with E-state index in [4.69, 9.17) is 0 Å². The highest BCUT2D eigenvalue weighted by Crippen LogP contribution is 2.21. The summed E-state index contributed by atoms with van der Waals surface area (Å²) in [7, 11) is 0. The summed E-state index contributed by atoms with van der Waals surface area (Å²) in [6, 6.07) is 1.53. The lowest BCUT2D eigenvalue weighted by Crippen LogP contribution is -2.09. The molecule has 0 aromatic carbocycles. The maximum absolute atomic E-state index is 12.4. The van der Waals surface area contributed by atoms with Crippen molar-refractivity contribution in [1.82, 2.24) is 4.98 Å². The van der Waals surface area contributed by atoms with Gasteiger partial charge in [0.05, 0.1) is 0 Å². The van der Waals surface area contributed by atoms with Gasteiger partial charge in [0.25, 0.3) is 0 Å². The highest BCUT2D eigenvalue weighted by atomic mass is 19.1. The molecule has 0 amide bonds. The van der Waals surface area contributed by atoms with Gasteiger partial charge >= 0.3 is 0 Å². The van der Waals surface area contributed by atoms with Crippen molar-refractivity contribution in [1.29, 1.82) is 0 Å². The Bertz CT molecular complexity index is 219. The Morgan fingerprint density at radius 2 is 2.00 bits per heavy atom. The highest BCUT2D eigenvalue weighted by Gasteiger charge is 2.14. The van der Waals surface area contributed by atoms with E-state index in [1.54, 1.807) is 6.20 Å². The lowest BCUT2D eigenvalue weighted by molar-refractivity contribution is 0.578. The molecule has 0 saturated heterocycles. The van der Waals surface area contributed by atoms with E-state index in [9.17, 15) is 4.39 Å². The molecule has 0 radical (unpaired) electrons. The third-order valence-electron chi connectivity index (χ3n) is 1.51. The number of halogens is 1. The van der Waals surface area contributed by atoms with E-state index in [1.165, 1.54) is 6.07 Å². The molecule has 0 unspecified atom stereocenters. The summed E-state index contributed by atoms with van der Waals surface area (Å²) >= 11 is 0. The fraction of sp³-hybridized carbons (Fsp3) is 0.500. The molecule has 1 nitrogen and oxygen atoms in total.